The van der Waals surface area contributed by atoms with Gasteiger partial charge in [-0.1, -0.05) is 218 Å². The highest BCUT2D eigenvalue weighted by molar-refractivity contribution is 6.24. The molecule has 0 N–H and O–H groups in total. The second-order valence-electron chi connectivity index (χ2n) is 21.0. The van der Waals surface area contributed by atoms with E-state index in [1.165, 1.54) is 159 Å². The Morgan fingerprint density at radius 1 is 0.237 bits per heavy atom. The standard InChI is InChI=1S/C75H45N/c1-2-23-52(24-3-1)76-69-36-17-14-28-56(69)64-44-51(38-40-70(64)76)72-60-32-10-8-30-58(60)71(59-31-9-11-33-61(59)72)50-22-18-21-46(41-50)49-37-39-62-63(42-49)53-25-6-7-29-57(53)73-65-43-47-19-4-5-20-48(47)45-68(65)75(74(62)73)66-34-15-12-26-54(66)55-27-13-16-35-67(55)75/h1-45H. The molecule has 0 atom stereocenters. The molecule has 15 aromatic rings. The average molecular weight is 960 g/mol. The highest BCUT2D eigenvalue weighted by atomic mass is 15.0. The van der Waals surface area contributed by atoms with Crippen LogP contribution in [0.15, 0.2) is 273 Å². The Hall–Kier alpha value is -9.82. The van der Waals surface area contributed by atoms with Crippen LogP contribution in [0.4, 0.5) is 0 Å². The molecule has 1 heterocycles. The summed E-state index contributed by atoms with van der Waals surface area (Å²) in [6.45, 7) is 0. The van der Waals surface area contributed by atoms with Crippen LogP contribution in [-0.2, 0) is 5.41 Å². The molecule has 0 bridgehead atoms. The maximum Gasteiger partial charge on any atom is 0.0731 e. The molecule has 0 aliphatic heterocycles. The third-order valence-electron chi connectivity index (χ3n) is 17.3. The molecule has 1 spiro atoms. The SMILES string of the molecule is c1ccc(-n2c3ccccc3c3cc(-c4c5ccccc5c(-c5cccc(-c6ccc7c8c(c9ccccc9c7c6)-c6cc7ccccc7cc6C86c7ccccc7-c7ccccc76)c5)c5ccccc45)ccc32)cc1. The van der Waals surface area contributed by atoms with Crippen molar-refractivity contribution in [1.82, 2.24) is 4.57 Å². The number of fused-ring (bicyclic) bond motifs is 21. The third-order valence-corrected chi connectivity index (χ3v) is 17.3. The summed E-state index contributed by atoms with van der Waals surface area (Å²) < 4.78 is 2.40. The molecule has 14 aromatic carbocycles. The molecule has 0 saturated heterocycles. The Kier molecular flexibility index (Phi) is 8.55. The summed E-state index contributed by atoms with van der Waals surface area (Å²) in [7, 11) is 0. The van der Waals surface area contributed by atoms with Crippen LogP contribution in [0, 0.1) is 0 Å². The van der Waals surface area contributed by atoms with Crippen molar-refractivity contribution in [2.45, 2.75) is 5.41 Å². The summed E-state index contributed by atoms with van der Waals surface area (Å²) >= 11 is 0. The average Bonchev–Trinajstić information content (AvgIpc) is 4.09. The number of hydrogen-bond acceptors (Lipinski definition) is 0. The molecule has 0 fully saturated rings. The largest absolute Gasteiger partial charge is 0.309 e. The van der Waals surface area contributed by atoms with E-state index >= 15 is 0 Å². The van der Waals surface area contributed by atoms with Crippen LogP contribution >= 0.6 is 0 Å². The molecule has 2 aliphatic rings. The van der Waals surface area contributed by atoms with Crippen LogP contribution in [0.3, 0.4) is 0 Å². The maximum atomic E-state index is 2.51. The van der Waals surface area contributed by atoms with Gasteiger partial charge in [0.15, 0.2) is 0 Å². The summed E-state index contributed by atoms with van der Waals surface area (Å²) in [5.41, 5.74) is 21.2. The van der Waals surface area contributed by atoms with Crippen molar-refractivity contribution in [2.75, 3.05) is 0 Å². The van der Waals surface area contributed by atoms with Gasteiger partial charge in [-0.2, -0.15) is 0 Å². The molecule has 0 amide bonds. The first-order chi connectivity index (χ1) is 37.7. The predicted molar refractivity (Wildman–Crippen MR) is 321 cm³/mol. The van der Waals surface area contributed by atoms with Gasteiger partial charge in [-0.25, -0.2) is 0 Å². The van der Waals surface area contributed by atoms with E-state index in [-0.39, 0.29) is 0 Å². The van der Waals surface area contributed by atoms with Crippen LogP contribution < -0.4 is 0 Å². The molecule has 2 aliphatic carbocycles. The van der Waals surface area contributed by atoms with Crippen molar-refractivity contribution in [2.24, 2.45) is 0 Å². The lowest BCUT2D eigenvalue weighted by atomic mass is 9.69. The normalized spacial score (nSPS) is 13.1. The first kappa shape index (κ1) is 41.6. The zero-order chi connectivity index (χ0) is 49.6. The number of para-hydroxylation sites is 2. The molecule has 1 aromatic heterocycles. The van der Waals surface area contributed by atoms with Crippen LogP contribution in [0.1, 0.15) is 22.3 Å². The highest BCUT2D eigenvalue weighted by Gasteiger charge is 2.53. The van der Waals surface area contributed by atoms with Crippen LogP contribution in [0.2, 0.25) is 0 Å². The van der Waals surface area contributed by atoms with Crippen molar-refractivity contribution in [3.63, 3.8) is 0 Å². The van der Waals surface area contributed by atoms with E-state index in [4.69, 9.17) is 0 Å². The summed E-state index contributed by atoms with van der Waals surface area (Å²) in [4.78, 5) is 0. The predicted octanol–water partition coefficient (Wildman–Crippen LogP) is 19.9. The van der Waals surface area contributed by atoms with Crippen molar-refractivity contribution in [1.29, 1.82) is 0 Å². The Morgan fingerprint density at radius 3 is 1.41 bits per heavy atom. The Labute approximate surface area is 439 Å². The quantitative estimate of drug-likeness (QED) is 0.122. The summed E-state index contributed by atoms with van der Waals surface area (Å²) in [6, 6.07) is 103. The fraction of sp³-hybridized carbons (Fsp3) is 0.0133. The van der Waals surface area contributed by atoms with Crippen LogP contribution in [0.5, 0.6) is 0 Å². The third kappa shape index (κ3) is 5.53. The Morgan fingerprint density at radius 2 is 0.724 bits per heavy atom. The fourth-order valence-corrected chi connectivity index (χ4v) is 14.3. The van der Waals surface area contributed by atoms with Gasteiger partial charge >= 0.3 is 0 Å². The van der Waals surface area contributed by atoms with E-state index in [1.54, 1.807) is 0 Å². The molecular weight excluding hydrogens is 915 g/mol. The molecule has 0 saturated carbocycles. The van der Waals surface area contributed by atoms with Crippen LogP contribution in [0.25, 0.3) is 137 Å². The van der Waals surface area contributed by atoms with Crippen molar-refractivity contribution in [3.8, 4) is 61.3 Å². The molecule has 1 nitrogen and oxygen atoms in total. The lowest BCUT2D eigenvalue weighted by molar-refractivity contribution is 0.803. The second kappa shape index (κ2) is 15.6. The monoisotopic (exact) mass is 959 g/mol. The number of rotatable bonds is 4. The van der Waals surface area contributed by atoms with Crippen molar-refractivity contribution < 1.29 is 0 Å². The Bertz CT molecular complexity index is 4890. The number of benzene rings is 14. The smallest absolute Gasteiger partial charge is 0.0731 e. The molecular formula is C75H45N. The minimum atomic E-state index is -0.493. The minimum absolute atomic E-state index is 0.493. The maximum absolute atomic E-state index is 2.51. The zero-order valence-corrected chi connectivity index (χ0v) is 41.4. The van der Waals surface area contributed by atoms with Gasteiger partial charge in [-0.3, -0.25) is 0 Å². The first-order valence-electron chi connectivity index (χ1n) is 26.6. The van der Waals surface area contributed by atoms with E-state index < -0.39 is 5.41 Å². The summed E-state index contributed by atoms with van der Waals surface area (Å²) in [6.07, 6.45) is 0. The van der Waals surface area contributed by atoms with Crippen molar-refractivity contribution in [3.05, 3.63) is 295 Å². The molecule has 0 radical (unpaired) electrons. The van der Waals surface area contributed by atoms with Crippen molar-refractivity contribution >= 4 is 75.7 Å². The zero-order valence-electron chi connectivity index (χ0n) is 41.4. The second-order valence-corrected chi connectivity index (χ2v) is 21.0. The van der Waals surface area contributed by atoms with E-state index in [0.29, 0.717) is 0 Å². The van der Waals surface area contributed by atoms with E-state index in [0.717, 1.165) is 0 Å². The molecule has 0 unspecified atom stereocenters. The topological polar surface area (TPSA) is 4.93 Å². The van der Waals surface area contributed by atoms with Gasteiger partial charge in [-0.15, -0.1) is 0 Å². The van der Waals surface area contributed by atoms with E-state index in [9.17, 15) is 0 Å². The van der Waals surface area contributed by atoms with Crippen LogP contribution in [-0.4, -0.2) is 4.57 Å². The summed E-state index contributed by atoms with van der Waals surface area (Å²) in [5.74, 6) is 0. The number of aromatic nitrogens is 1. The minimum Gasteiger partial charge on any atom is -0.309 e. The fourth-order valence-electron chi connectivity index (χ4n) is 14.3. The van der Waals surface area contributed by atoms with Gasteiger partial charge in [0.05, 0.1) is 16.4 Å². The Balaban J connectivity index is 0.874. The number of nitrogens with zero attached hydrogens (tertiary/aromatic N) is 1. The molecule has 350 valence electrons. The van der Waals surface area contributed by atoms with Gasteiger partial charge in [0, 0.05) is 16.5 Å². The van der Waals surface area contributed by atoms with Gasteiger partial charge in [0.25, 0.3) is 0 Å². The van der Waals surface area contributed by atoms with Gasteiger partial charge in [0.2, 0.25) is 0 Å². The lowest BCUT2D eigenvalue weighted by Crippen LogP contribution is -2.26. The first-order valence-corrected chi connectivity index (χ1v) is 26.6. The van der Waals surface area contributed by atoms with Gasteiger partial charge < -0.3 is 4.57 Å². The molecule has 17 rings (SSSR count). The lowest BCUT2D eigenvalue weighted by Gasteiger charge is -2.32. The van der Waals surface area contributed by atoms with Gasteiger partial charge in [-0.05, 0) is 186 Å². The summed E-state index contributed by atoms with van der Waals surface area (Å²) in [5, 5.41) is 15.2. The molecule has 1 heteroatoms. The number of hydrogen-bond donors (Lipinski definition) is 0. The van der Waals surface area contributed by atoms with E-state index in [1.807, 2.05) is 0 Å². The van der Waals surface area contributed by atoms with E-state index in [2.05, 4.69) is 278 Å². The molecule has 76 heavy (non-hydrogen) atoms. The van der Waals surface area contributed by atoms with Gasteiger partial charge in [0.1, 0.15) is 0 Å². The highest BCUT2D eigenvalue weighted by Crippen LogP contribution is 2.66.